The van der Waals surface area contributed by atoms with Gasteiger partial charge < -0.3 is 5.73 Å². The largest absolute Gasteiger partial charge is 0.326 e. The smallest absolute Gasteiger partial charge is 0.243 e. The minimum atomic E-state index is -3.42. The molecule has 4 nitrogen and oxygen atoms in total. The standard InChI is InChI=1S/C13H19BrN2O2S/c1-16(9-10-3-2-4-10)19(17,18)13-6-5-11(8-15)7-12(13)14/h5-7,10H,2-4,8-9,15H2,1H3. The summed E-state index contributed by atoms with van der Waals surface area (Å²) in [7, 11) is -1.77. The minimum absolute atomic E-state index is 0.312. The molecular formula is C13H19BrN2O2S. The van der Waals surface area contributed by atoms with Crippen molar-refractivity contribution in [3.63, 3.8) is 0 Å². The number of nitrogens with two attached hydrogens (primary N) is 1. The molecule has 6 heteroatoms. The zero-order valence-electron chi connectivity index (χ0n) is 11.0. The highest BCUT2D eigenvalue weighted by Crippen LogP contribution is 2.30. The van der Waals surface area contributed by atoms with Crippen molar-refractivity contribution in [2.24, 2.45) is 11.7 Å². The molecule has 2 rings (SSSR count). The fourth-order valence-electron chi connectivity index (χ4n) is 2.19. The minimum Gasteiger partial charge on any atom is -0.326 e. The number of halogens is 1. The van der Waals surface area contributed by atoms with Gasteiger partial charge in [0.05, 0.1) is 4.90 Å². The van der Waals surface area contributed by atoms with Crippen LogP contribution < -0.4 is 5.73 Å². The third-order valence-corrected chi connectivity index (χ3v) is 6.46. The van der Waals surface area contributed by atoms with Crippen molar-refractivity contribution in [1.29, 1.82) is 0 Å². The zero-order valence-corrected chi connectivity index (χ0v) is 13.4. The lowest BCUT2D eigenvalue weighted by Crippen LogP contribution is -2.34. The first kappa shape index (κ1) is 15.0. The third-order valence-electron chi connectivity index (χ3n) is 3.66. The summed E-state index contributed by atoms with van der Waals surface area (Å²) >= 11 is 3.33. The van der Waals surface area contributed by atoms with E-state index in [1.165, 1.54) is 10.7 Å². The van der Waals surface area contributed by atoms with Gasteiger partial charge in [-0.05, 0) is 52.4 Å². The summed E-state index contributed by atoms with van der Waals surface area (Å²) in [6, 6.07) is 5.15. The number of nitrogens with zero attached hydrogens (tertiary/aromatic N) is 1. The number of hydrogen-bond donors (Lipinski definition) is 1. The van der Waals surface area contributed by atoms with Gasteiger partial charge in [-0.15, -0.1) is 0 Å². The average molecular weight is 347 g/mol. The number of benzene rings is 1. The second kappa shape index (κ2) is 5.91. The third kappa shape index (κ3) is 3.18. The van der Waals surface area contributed by atoms with Crippen LogP contribution in [0.1, 0.15) is 24.8 Å². The van der Waals surface area contributed by atoms with Gasteiger partial charge in [0, 0.05) is 24.6 Å². The Morgan fingerprint density at radius 2 is 2.11 bits per heavy atom. The van der Waals surface area contributed by atoms with Gasteiger partial charge in [-0.2, -0.15) is 0 Å². The molecule has 0 atom stereocenters. The predicted molar refractivity (Wildman–Crippen MR) is 79.2 cm³/mol. The van der Waals surface area contributed by atoms with Crippen molar-refractivity contribution in [2.45, 2.75) is 30.7 Å². The highest BCUT2D eigenvalue weighted by atomic mass is 79.9. The molecule has 1 saturated carbocycles. The first-order valence-electron chi connectivity index (χ1n) is 6.40. The summed E-state index contributed by atoms with van der Waals surface area (Å²) in [4.78, 5) is 0.312. The van der Waals surface area contributed by atoms with Crippen molar-refractivity contribution < 1.29 is 8.42 Å². The van der Waals surface area contributed by atoms with Crippen LogP contribution in [-0.4, -0.2) is 26.3 Å². The summed E-state index contributed by atoms with van der Waals surface area (Å²) in [6.45, 7) is 1.00. The first-order chi connectivity index (χ1) is 8.95. The van der Waals surface area contributed by atoms with E-state index in [4.69, 9.17) is 5.73 Å². The maximum atomic E-state index is 12.5. The molecule has 1 aliphatic carbocycles. The van der Waals surface area contributed by atoms with E-state index in [1.54, 1.807) is 25.2 Å². The van der Waals surface area contributed by atoms with Crippen LogP contribution in [0.5, 0.6) is 0 Å². The van der Waals surface area contributed by atoms with Crippen LogP contribution in [0.4, 0.5) is 0 Å². The van der Waals surface area contributed by atoms with E-state index in [2.05, 4.69) is 15.9 Å². The summed E-state index contributed by atoms with van der Waals surface area (Å²) in [5, 5.41) is 0. The summed E-state index contributed by atoms with van der Waals surface area (Å²) < 4.78 is 27.0. The Labute approximate surface area is 123 Å². The first-order valence-corrected chi connectivity index (χ1v) is 8.63. The van der Waals surface area contributed by atoms with E-state index >= 15 is 0 Å². The van der Waals surface area contributed by atoms with Gasteiger partial charge in [-0.25, -0.2) is 12.7 Å². The molecule has 0 radical (unpaired) electrons. The summed E-state index contributed by atoms with van der Waals surface area (Å²) in [5.41, 5.74) is 6.46. The molecule has 0 spiro atoms. The zero-order chi connectivity index (χ0) is 14.0. The van der Waals surface area contributed by atoms with E-state index < -0.39 is 10.0 Å². The van der Waals surface area contributed by atoms with E-state index in [0.29, 0.717) is 28.4 Å². The molecule has 0 aliphatic heterocycles. The van der Waals surface area contributed by atoms with Gasteiger partial charge in [0.2, 0.25) is 10.0 Å². The Balaban J connectivity index is 2.22. The molecule has 1 aromatic rings. The molecule has 1 fully saturated rings. The molecule has 0 bridgehead atoms. The van der Waals surface area contributed by atoms with Gasteiger partial charge in [-0.1, -0.05) is 12.5 Å². The lowest BCUT2D eigenvalue weighted by molar-refractivity contribution is 0.263. The molecule has 0 amide bonds. The molecule has 1 aliphatic rings. The topological polar surface area (TPSA) is 63.4 Å². The van der Waals surface area contributed by atoms with Gasteiger partial charge in [0.25, 0.3) is 0 Å². The van der Waals surface area contributed by atoms with Crippen molar-refractivity contribution in [2.75, 3.05) is 13.6 Å². The molecule has 0 saturated heterocycles. The van der Waals surface area contributed by atoms with Crippen molar-refractivity contribution in [1.82, 2.24) is 4.31 Å². The monoisotopic (exact) mass is 346 g/mol. The van der Waals surface area contributed by atoms with Crippen LogP contribution in [0.15, 0.2) is 27.6 Å². The van der Waals surface area contributed by atoms with Crippen LogP contribution in [0.3, 0.4) is 0 Å². The quantitative estimate of drug-likeness (QED) is 0.889. The van der Waals surface area contributed by atoms with Crippen LogP contribution in [0.2, 0.25) is 0 Å². The number of rotatable bonds is 5. The molecule has 0 unspecified atom stereocenters. The normalized spacial score (nSPS) is 16.6. The van der Waals surface area contributed by atoms with Gasteiger partial charge in [0.15, 0.2) is 0 Å². The number of sulfonamides is 1. The van der Waals surface area contributed by atoms with E-state index in [0.717, 1.165) is 18.4 Å². The van der Waals surface area contributed by atoms with Gasteiger partial charge >= 0.3 is 0 Å². The molecule has 0 aromatic heterocycles. The Morgan fingerprint density at radius 3 is 2.58 bits per heavy atom. The highest BCUT2D eigenvalue weighted by molar-refractivity contribution is 9.10. The predicted octanol–water partition coefficient (Wildman–Crippen LogP) is 2.33. The molecule has 19 heavy (non-hydrogen) atoms. The van der Waals surface area contributed by atoms with Crippen LogP contribution in [-0.2, 0) is 16.6 Å². The van der Waals surface area contributed by atoms with E-state index in [-0.39, 0.29) is 0 Å². The Kier molecular flexibility index (Phi) is 4.66. The van der Waals surface area contributed by atoms with E-state index in [1.807, 2.05) is 0 Å². The maximum Gasteiger partial charge on any atom is 0.243 e. The SMILES string of the molecule is CN(CC1CCC1)S(=O)(=O)c1ccc(CN)cc1Br. The summed E-state index contributed by atoms with van der Waals surface area (Å²) in [5.74, 6) is 0.516. The van der Waals surface area contributed by atoms with Crippen molar-refractivity contribution in [3.8, 4) is 0 Å². The second-order valence-electron chi connectivity index (χ2n) is 5.05. The molecule has 106 valence electrons. The average Bonchev–Trinajstić information content (AvgIpc) is 2.32. The molecule has 1 aromatic carbocycles. The van der Waals surface area contributed by atoms with Gasteiger partial charge in [-0.3, -0.25) is 0 Å². The fraction of sp³-hybridized carbons (Fsp3) is 0.538. The lowest BCUT2D eigenvalue weighted by Gasteiger charge is -2.29. The van der Waals surface area contributed by atoms with E-state index in [9.17, 15) is 8.42 Å². The Bertz CT molecular complexity index is 556. The van der Waals surface area contributed by atoms with Crippen LogP contribution in [0.25, 0.3) is 0 Å². The van der Waals surface area contributed by atoms with Crippen molar-refractivity contribution >= 4 is 26.0 Å². The Hall–Kier alpha value is -0.430. The molecule has 2 N–H and O–H groups in total. The number of hydrogen-bond acceptors (Lipinski definition) is 3. The Morgan fingerprint density at radius 1 is 1.42 bits per heavy atom. The van der Waals surface area contributed by atoms with Crippen molar-refractivity contribution in [3.05, 3.63) is 28.2 Å². The van der Waals surface area contributed by atoms with Crippen LogP contribution in [0, 0.1) is 5.92 Å². The van der Waals surface area contributed by atoms with Crippen LogP contribution >= 0.6 is 15.9 Å². The van der Waals surface area contributed by atoms with Gasteiger partial charge in [0.1, 0.15) is 0 Å². The highest BCUT2D eigenvalue weighted by Gasteiger charge is 2.28. The molecule has 0 heterocycles. The summed E-state index contributed by atoms with van der Waals surface area (Å²) in [6.07, 6.45) is 3.48. The lowest BCUT2D eigenvalue weighted by atomic mass is 9.86. The molecular weight excluding hydrogens is 328 g/mol. The fourth-order valence-corrected chi connectivity index (χ4v) is 4.51. The maximum absolute atomic E-state index is 12.5. The second-order valence-corrected chi connectivity index (χ2v) is 7.92.